The Morgan fingerprint density at radius 3 is 2.47 bits per heavy atom. The molecule has 0 aliphatic heterocycles. The zero-order chi connectivity index (χ0) is 11.8. The summed E-state index contributed by atoms with van der Waals surface area (Å²) in [5.41, 5.74) is 0.147. The average Bonchev–Trinajstić information content (AvgIpc) is 2.27. The number of carbonyl (C=O) groups excluding carboxylic acids is 2. The topological polar surface area (TPSA) is 55.7 Å². The number of rotatable bonds is 5. The van der Waals surface area contributed by atoms with Crippen molar-refractivity contribution >= 4 is 18.0 Å². The van der Waals surface area contributed by atoms with Gasteiger partial charge in [-0.3, -0.25) is 4.79 Å². The van der Waals surface area contributed by atoms with E-state index in [-0.39, 0.29) is 17.4 Å². The van der Waals surface area contributed by atoms with Crippen molar-refractivity contribution in [1.29, 1.82) is 0 Å². The van der Waals surface area contributed by atoms with Gasteiger partial charge in [-0.15, -0.1) is 0 Å². The van der Waals surface area contributed by atoms with E-state index in [9.17, 15) is 9.59 Å². The van der Waals surface area contributed by atoms with E-state index in [0.29, 0.717) is 0 Å². The molecular formula is C11H17NO3. The number of nitrogens with zero attached hydrogens (tertiary/aromatic N) is 1. The number of ether oxygens (including phenoxy) is 1. The molecule has 4 nitrogen and oxygen atoms in total. The molecule has 0 fully saturated rings. The monoisotopic (exact) mass is 211 g/mol. The zero-order valence-corrected chi connectivity index (χ0v) is 9.61. The first-order valence-electron chi connectivity index (χ1n) is 4.89. The summed E-state index contributed by atoms with van der Waals surface area (Å²) in [5, 5.41) is 0. The van der Waals surface area contributed by atoms with Gasteiger partial charge in [-0.2, -0.15) is 0 Å². The average molecular weight is 211 g/mol. The number of aliphatic imine (C=N–C) groups is 1. The Morgan fingerprint density at radius 2 is 2.07 bits per heavy atom. The molecule has 4 heteroatoms. The minimum atomic E-state index is -0.536. The predicted molar refractivity (Wildman–Crippen MR) is 58.7 cm³/mol. The van der Waals surface area contributed by atoms with E-state index in [1.54, 1.807) is 6.92 Å². The standard InChI is InChI=1S/C11H17NO3/c1-5-8(3)10(13)7-12-9(6-2)11(14)15-4/h6-8H,5H2,1-4H3/b9-6-,12-7?. The van der Waals surface area contributed by atoms with Crippen LogP contribution in [0.15, 0.2) is 16.8 Å². The lowest BCUT2D eigenvalue weighted by atomic mass is 10.1. The van der Waals surface area contributed by atoms with Crippen molar-refractivity contribution in [3.05, 3.63) is 11.8 Å². The third-order valence-corrected chi connectivity index (χ3v) is 2.10. The van der Waals surface area contributed by atoms with Crippen LogP contribution in [0.2, 0.25) is 0 Å². The lowest BCUT2D eigenvalue weighted by molar-refractivity contribution is -0.136. The molecule has 1 unspecified atom stereocenters. The minimum Gasteiger partial charge on any atom is -0.464 e. The Morgan fingerprint density at radius 1 is 1.47 bits per heavy atom. The summed E-state index contributed by atoms with van der Waals surface area (Å²) < 4.78 is 4.49. The maximum absolute atomic E-state index is 11.4. The van der Waals surface area contributed by atoms with Gasteiger partial charge in [0.15, 0.2) is 5.78 Å². The second-order valence-electron chi connectivity index (χ2n) is 3.14. The van der Waals surface area contributed by atoms with Gasteiger partial charge in [0.2, 0.25) is 0 Å². The Kier molecular flexibility index (Phi) is 6.25. The van der Waals surface area contributed by atoms with E-state index in [1.165, 1.54) is 19.4 Å². The SMILES string of the molecule is C/C=C(\N=CC(=O)C(C)CC)C(=O)OC. The summed E-state index contributed by atoms with van der Waals surface area (Å²) in [7, 11) is 1.28. The molecule has 0 aromatic carbocycles. The summed E-state index contributed by atoms with van der Waals surface area (Å²) in [4.78, 5) is 26.3. The molecule has 1 atom stereocenters. The molecule has 0 aliphatic rings. The number of methoxy groups -OCH3 is 1. The highest BCUT2D eigenvalue weighted by atomic mass is 16.5. The van der Waals surface area contributed by atoms with Gasteiger partial charge < -0.3 is 4.74 Å². The Balaban J connectivity index is 4.50. The third kappa shape index (κ3) is 4.54. The van der Waals surface area contributed by atoms with Crippen molar-refractivity contribution in [1.82, 2.24) is 0 Å². The highest BCUT2D eigenvalue weighted by Crippen LogP contribution is 2.03. The molecule has 0 amide bonds. The van der Waals surface area contributed by atoms with Gasteiger partial charge in [0.1, 0.15) is 5.70 Å². The largest absolute Gasteiger partial charge is 0.464 e. The normalized spacial score (nSPS) is 14.0. The van der Waals surface area contributed by atoms with Gasteiger partial charge >= 0.3 is 5.97 Å². The van der Waals surface area contributed by atoms with Crippen molar-refractivity contribution < 1.29 is 14.3 Å². The molecule has 84 valence electrons. The van der Waals surface area contributed by atoms with E-state index in [1.807, 2.05) is 13.8 Å². The molecule has 15 heavy (non-hydrogen) atoms. The van der Waals surface area contributed by atoms with Crippen LogP contribution >= 0.6 is 0 Å². The summed E-state index contributed by atoms with van der Waals surface area (Å²) in [6.45, 7) is 5.41. The second kappa shape index (κ2) is 6.92. The second-order valence-corrected chi connectivity index (χ2v) is 3.14. The fourth-order valence-electron chi connectivity index (χ4n) is 0.811. The Labute approximate surface area is 90.0 Å². The highest BCUT2D eigenvalue weighted by Gasteiger charge is 2.10. The highest BCUT2D eigenvalue weighted by molar-refractivity contribution is 6.28. The molecule has 0 N–H and O–H groups in total. The first kappa shape index (κ1) is 13.5. The smallest absolute Gasteiger partial charge is 0.356 e. The maximum atomic E-state index is 11.4. The van der Waals surface area contributed by atoms with Crippen LogP contribution in [0.1, 0.15) is 27.2 Å². The van der Waals surface area contributed by atoms with Gasteiger partial charge in [-0.1, -0.05) is 19.9 Å². The minimum absolute atomic E-state index is 0.0653. The van der Waals surface area contributed by atoms with Gasteiger partial charge in [-0.25, -0.2) is 9.79 Å². The quantitative estimate of drug-likeness (QED) is 0.395. The van der Waals surface area contributed by atoms with Crippen LogP contribution in [0.25, 0.3) is 0 Å². The number of carbonyl (C=O) groups is 2. The summed E-state index contributed by atoms with van der Waals surface area (Å²) in [6.07, 6.45) is 3.45. The molecule has 0 spiro atoms. The van der Waals surface area contributed by atoms with E-state index >= 15 is 0 Å². The van der Waals surface area contributed by atoms with E-state index < -0.39 is 5.97 Å². The van der Waals surface area contributed by atoms with Crippen molar-refractivity contribution in [3.8, 4) is 0 Å². The zero-order valence-electron chi connectivity index (χ0n) is 9.61. The number of ketones is 1. The molecular weight excluding hydrogens is 194 g/mol. The number of hydrogen-bond donors (Lipinski definition) is 0. The van der Waals surface area contributed by atoms with Gasteiger partial charge in [0.25, 0.3) is 0 Å². The number of esters is 1. The fourth-order valence-corrected chi connectivity index (χ4v) is 0.811. The van der Waals surface area contributed by atoms with Crippen LogP contribution in [-0.2, 0) is 14.3 Å². The van der Waals surface area contributed by atoms with Crippen molar-refractivity contribution in [2.24, 2.45) is 10.9 Å². The summed E-state index contributed by atoms with van der Waals surface area (Å²) in [5.74, 6) is -0.684. The third-order valence-electron chi connectivity index (χ3n) is 2.10. The number of hydrogen-bond acceptors (Lipinski definition) is 4. The van der Waals surface area contributed by atoms with E-state index in [2.05, 4.69) is 9.73 Å². The van der Waals surface area contributed by atoms with Gasteiger partial charge in [0, 0.05) is 5.92 Å². The first-order chi connectivity index (χ1) is 7.06. The molecule has 0 aromatic heterocycles. The van der Waals surface area contributed by atoms with Crippen LogP contribution in [0.4, 0.5) is 0 Å². The van der Waals surface area contributed by atoms with Crippen molar-refractivity contribution in [2.45, 2.75) is 27.2 Å². The van der Waals surface area contributed by atoms with Crippen LogP contribution in [-0.4, -0.2) is 25.1 Å². The molecule has 0 saturated heterocycles. The van der Waals surface area contributed by atoms with Crippen molar-refractivity contribution in [3.63, 3.8) is 0 Å². The molecule has 0 radical (unpaired) electrons. The lowest BCUT2D eigenvalue weighted by Gasteiger charge is -2.02. The molecule has 0 aliphatic carbocycles. The predicted octanol–water partition coefficient (Wildman–Crippen LogP) is 1.75. The molecule has 0 heterocycles. The van der Waals surface area contributed by atoms with Crippen LogP contribution in [0.3, 0.4) is 0 Å². The molecule has 0 saturated carbocycles. The van der Waals surface area contributed by atoms with Crippen molar-refractivity contribution in [2.75, 3.05) is 7.11 Å². The summed E-state index contributed by atoms with van der Waals surface area (Å²) in [6, 6.07) is 0. The van der Waals surface area contributed by atoms with Crippen LogP contribution < -0.4 is 0 Å². The fraction of sp³-hybridized carbons (Fsp3) is 0.545. The number of Topliss-reactive ketones (excluding diaryl/α,β-unsaturated/α-hetero) is 1. The van der Waals surface area contributed by atoms with Crippen LogP contribution in [0, 0.1) is 5.92 Å². The molecule has 0 aromatic rings. The Bertz CT molecular complexity index is 292. The first-order valence-corrected chi connectivity index (χ1v) is 4.89. The van der Waals surface area contributed by atoms with Gasteiger partial charge in [-0.05, 0) is 13.3 Å². The van der Waals surface area contributed by atoms with Crippen LogP contribution in [0.5, 0.6) is 0 Å². The lowest BCUT2D eigenvalue weighted by Crippen LogP contribution is -2.12. The van der Waals surface area contributed by atoms with E-state index in [0.717, 1.165) is 6.42 Å². The Hall–Kier alpha value is -1.45. The number of allylic oxidation sites excluding steroid dienone is 1. The van der Waals surface area contributed by atoms with Gasteiger partial charge in [0.05, 0.1) is 13.3 Å². The maximum Gasteiger partial charge on any atom is 0.356 e. The molecule has 0 bridgehead atoms. The summed E-state index contributed by atoms with van der Waals surface area (Å²) >= 11 is 0. The van der Waals surface area contributed by atoms with E-state index in [4.69, 9.17) is 0 Å². The molecule has 0 rings (SSSR count).